The lowest BCUT2D eigenvalue weighted by Gasteiger charge is -2.35. The highest BCUT2D eigenvalue weighted by Gasteiger charge is 2.33. The molecule has 0 heterocycles. The molecule has 0 spiro atoms. The lowest BCUT2D eigenvalue weighted by Crippen LogP contribution is -2.39. The summed E-state index contributed by atoms with van der Waals surface area (Å²) in [5, 5.41) is 0. The first-order valence-corrected chi connectivity index (χ1v) is 8.74. The molecule has 0 rings (SSSR count). The molecule has 0 aromatic heterocycles. The molecule has 0 saturated heterocycles. The number of hydrogen-bond donors (Lipinski definition) is 0. The van der Waals surface area contributed by atoms with Crippen LogP contribution in [0.3, 0.4) is 0 Å². The van der Waals surface area contributed by atoms with Crippen LogP contribution in [-0.4, -0.2) is 20.0 Å². The predicted molar refractivity (Wildman–Crippen MR) is 88.0 cm³/mol. The number of unbranched alkanes of at least 4 members (excludes halogenated alkanes) is 7. The fourth-order valence-corrected chi connectivity index (χ4v) is 2.90. The summed E-state index contributed by atoms with van der Waals surface area (Å²) in [5.74, 6) is 0.118. The first-order chi connectivity index (χ1) is 9.64. The molecule has 0 saturated carbocycles. The molecule has 0 aromatic carbocycles. The van der Waals surface area contributed by atoms with Crippen LogP contribution in [-0.2, 0) is 9.47 Å². The second kappa shape index (κ2) is 12.6. The molecule has 0 bridgehead atoms. The molecule has 0 aliphatic carbocycles. The fraction of sp³-hybridized carbons (Fsp3) is 1.00. The minimum absolute atomic E-state index is 0.406. The van der Waals surface area contributed by atoms with E-state index in [1.807, 2.05) is 0 Å². The Bertz CT molecular complexity index is 200. The lowest BCUT2D eigenvalue weighted by molar-refractivity contribution is -0.230. The van der Waals surface area contributed by atoms with Crippen molar-refractivity contribution >= 4 is 0 Å². The van der Waals surface area contributed by atoms with Crippen molar-refractivity contribution in [1.29, 1.82) is 0 Å². The highest BCUT2D eigenvalue weighted by Crippen LogP contribution is 2.31. The van der Waals surface area contributed by atoms with Crippen LogP contribution in [0, 0.1) is 5.92 Å². The Morgan fingerprint density at radius 2 is 1.10 bits per heavy atom. The molecular formula is C18H38O2. The quantitative estimate of drug-likeness (QED) is 0.290. The molecule has 20 heavy (non-hydrogen) atoms. The van der Waals surface area contributed by atoms with E-state index in [1.165, 1.54) is 70.6 Å². The van der Waals surface area contributed by atoms with E-state index in [-0.39, 0.29) is 0 Å². The summed E-state index contributed by atoms with van der Waals surface area (Å²) >= 11 is 0. The van der Waals surface area contributed by atoms with E-state index in [9.17, 15) is 0 Å². The Morgan fingerprint density at radius 3 is 1.60 bits per heavy atom. The SMILES string of the molecule is CCCCCCCCC(CCCCC)C(C)(OC)OC. The maximum absolute atomic E-state index is 5.65. The number of methoxy groups -OCH3 is 2. The van der Waals surface area contributed by atoms with Crippen LogP contribution in [0.5, 0.6) is 0 Å². The highest BCUT2D eigenvalue weighted by molar-refractivity contribution is 4.75. The summed E-state index contributed by atoms with van der Waals surface area (Å²) < 4.78 is 11.3. The van der Waals surface area contributed by atoms with Crippen molar-refractivity contribution in [3.63, 3.8) is 0 Å². The van der Waals surface area contributed by atoms with Crippen molar-refractivity contribution in [1.82, 2.24) is 0 Å². The summed E-state index contributed by atoms with van der Waals surface area (Å²) in [6.45, 7) is 6.63. The van der Waals surface area contributed by atoms with Crippen molar-refractivity contribution in [3.05, 3.63) is 0 Å². The first kappa shape index (κ1) is 19.9. The second-order valence-corrected chi connectivity index (χ2v) is 6.17. The van der Waals surface area contributed by atoms with Crippen molar-refractivity contribution in [2.45, 2.75) is 97.2 Å². The molecule has 0 radical (unpaired) electrons. The topological polar surface area (TPSA) is 18.5 Å². The van der Waals surface area contributed by atoms with Gasteiger partial charge in [-0.2, -0.15) is 0 Å². The summed E-state index contributed by atoms with van der Waals surface area (Å²) in [6, 6.07) is 0. The van der Waals surface area contributed by atoms with Gasteiger partial charge >= 0.3 is 0 Å². The third-order valence-corrected chi connectivity index (χ3v) is 4.61. The van der Waals surface area contributed by atoms with Gasteiger partial charge in [0.05, 0.1) is 0 Å². The second-order valence-electron chi connectivity index (χ2n) is 6.17. The summed E-state index contributed by atoms with van der Waals surface area (Å²) in [7, 11) is 3.55. The minimum atomic E-state index is -0.406. The molecular weight excluding hydrogens is 248 g/mol. The van der Waals surface area contributed by atoms with E-state index in [4.69, 9.17) is 9.47 Å². The molecule has 0 amide bonds. The van der Waals surface area contributed by atoms with Crippen LogP contribution in [0.15, 0.2) is 0 Å². The first-order valence-electron chi connectivity index (χ1n) is 8.74. The summed E-state index contributed by atoms with van der Waals surface area (Å²) in [5.41, 5.74) is 0. The molecule has 0 aromatic rings. The monoisotopic (exact) mass is 286 g/mol. The van der Waals surface area contributed by atoms with Gasteiger partial charge in [-0.1, -0.05) is 71.6 Å². The summed E-state index contributed by atoms with van der Waals surface area (Å²) in [4.78, 5) is 0. The van der Waals surface area contributed by atoms with Gasteiger partial charge in [0.15, 0.2) is 5.79 Å². The van der Waals surface area contributed by atoms with Crippen LogP contribution in [0.25, 0.3) is 0 Å². The Labute approximate surface area is 127 Å². The van der Waals surface area contributed by atoms with Crippen molar-refractivity contribution in [2.24, 2.45) is 5.92 Å². The molecule has 0 N–H and O–H groups in total. The van der Waals surface area contributed by atoms with E-state index in [0.29, 0.717) is 5.92 Å². The molecule has 2 heteroatoms. The number of ether oxygens (including phenoxy) is 2. The van der Waals surface area contributed by atoms with E-state index < -0.39 is 5.79 Å². The third-order valence-electron chi connectivity index (χ3n) is 4.61. The van der Waals surface area contributed by atoms with Crippen LogP contribution in [0.1, 0.15) is 91.4 Å². The van der Waals surface area contributed by atoms with E-state index in [2.05, 4.69) is 20.8 Å². The third kappa shape index (κ3) is 8.26. The zero-order valence-corrected chi connectivity index (χ0v) is 14.7. The van der Waals surface area contributed by atoms with Crippen molar-refractivity contribution < 1.29 is 9.47 Å². The lowest BCUT2D eigenvalue weighted by atomic mass is 9.88. The fourth-order valence-electron chi connectivity index (χ4n) is 2.90. The van der Waals surface area contributed by atoms with E-state index in [1.54, 1.807) is 14.2 Å². The van der Waals surface area contributed by atoms with E-state index in [0.717, 1.165) is 0 Å². The van der Waals surface area contributed by atoms with Crippen LogP contribution < -0.4 is 0 Å². The van der Waals surface area contributed by atoms with Crippen molar-refractivity contribution in [3.8, 4) is 0 Å². The molecule has 1 unspecified atom stereocenters. The Kier molecular flexibility index (Phi) is 12.6. The van der Waals surface area contributed by atoms with Gasteiger partial charge in [-0.3, -0.25) is 0 Å². The molecule has 122 valence electrons. The Balaban J connectivity index is 4.10. The van der Waals surface area contributed by atoms with Gasteiger partial charge in [0.25, 0.3) is 0 Å². The Hall–Kier alpha value is -0.0800. The maximum Gasteiger partial charge on any atom is 0.167 e. The normalized spacial score (nSPS) is 13.7. The Morgan fingerprint density at radius 1 is 0.700 bits per heavy atom. The zero-order valence-electron chi connectivity index (χ0n) is 14.7. The maximum atomic E-state index is 5.65. The van der Waals surface area contributed by atoms with E-state index >= 15 is 0 Å². The van der Waals surface area contributed by atoms with Gasteiger partial charge in [-0.05, 0) is 19.8 Å². The van der Waals surface area contributed by atoms with Gasteiger partial charge in [0.1, 0.15) is 0 Å². The molecule has 0 aliphatic heterocycles. The predicted octanol–water partition coefficient (Wildman–Crippen LogP) is 5.94. The average Bonchev–Trinajstić information content (AvgIpc) is 2.48. The minimum Gasteiger partial charge on any atom is -0.353 e. The van der Waals surface area contributed by atoms with Crippen molar-refractivity contribution in [2.75, 3.05) is 14.2 Å². The molecule has 0 aliphatic rings. The largest absolute Gasteiger partial charge is 0.353 e. The summed E-state index contributed by atoms with van der Waals surface area (Å²) in [6.07, 6.45) is 14.5. The van der Waals surface area contributed by atoms with Gasteiger partial charge in [0, 0.05) is 20.1 Å². The zero-order chi connectivity index (χ0) is 15.3. The molecule has 1 atom stereocenters. The number of rotatable bonds is 14. The van der Waals surface area contributed by atoms with Gasteiger partial charge in [0.2, 0.25) is 0 Å². The van der Waals surface area contributed by atoms with Crippen LogP contribution >= 0.6 is 0 Å². The molecule has 2 nitrogen and oxygen atoms in total. The standard InChI is InChI=1S/C18H38O2/c1-6-8-10-11-12-14-16-17(15-13-9-7-2)18(3,19-4)20-5/h17H,6-16H2,1-5H3. The average molecular weight is 286 g/mol. The number of hydrogen-bond acceptors (Lipinski definition) is 2. The van der Waals surface area contributed by atoms with Gasteiger partial charge in [-0.15, -0.1) is 0 Å². The van der Waals surface area contributed by atoms with Gasteiger partial charge < -0.3 is 9.47 Å². The van der Waals surface area contributed by atoms with Gasteiger partial charge in [-0.25, -0.2) is 0 Å². The van der Waals surface area contributed by atoms with Crippen LogP contribution in [0.4, 0.5) is 0 Å². The van der Waals surface area contributed by atoms with Crippen LogP contribution in [0.2, 0.25) is 0 Å². The smallest absolute Gasteiger partial charge is 0.167 e. The highest BCUT2D eigenvalue weighted by atomic mass is 16.7. The molecule has 0 fully saturated rings.